The topological polar surface area (TPSA) is 69.8 Å². The average molecular weight is 309 g/mol. The Morgan fingerprint density at radius 1 is 1.32 bits per heavy atom. The van der Waals surface area contributed by atoms with Gasteiger partial charge in [0, 0.05) is 32.0 Å². The summed E-state index contributed by atoms with van der Waals surface area (Å²) in [5.41, 5.74) is -0.302. The van der Waals surface area contributed by atoms with Gasteiger partial charge in [-0.3, -0.25) is 9.69 Å². The molecule has 2 aliphatic heterocycles. The molecule has 124 valence electrons. The van der Waals surface area contributed by atoms with Crippen LogP contribution >= 0.6 is 0 Å². The van der Waals surface area contributed by atoms with E-state index in [9.17, 15) is 15.0 Å². The van der Waals surface area contributed by atoms with E-state index in [1.165, 1.54) is 0 Å². The monoisotopic (exact) mass is 309 g/mol. The Kier molecular flexibility index (Phi) is 3.34. The molecule has 8 atom stereocenters. The van der Waals surface area contributed by atoms with Crippen LogP contribution in [0.2, 0.25) is 0 Å². The van der Waals surface area contributed by atoms with Gasteiger partial charge in [0.15, 0.2) is 0 Å². The number of hydrogen-bond acceptors (Lipinski definition) is 5. The van der Waals surface area contributed by atoms with Crippen LogP contribution in [-0.4, -0.2) is 59.0 Å². The van der Waals surface area contributed by atoms with Crippen molar-refractivity contribution in [3.63, 3.8) is 0 Å². The van der Waals surface area contributed by atoms with Gasteiger partial charge in [-0.1, -0.05) is 13.8 Å². The molecule has 2 saturated carbocycles. The van der Waals surface area contributed by atoms with Crippen molar-refractivity contribution in [3.8, 4) is 0 Å². The average Bonchev–Trinajstić information content (AvgIpc) is 3.17. The molecule has 0 bridgehead atoms. The molecule has 0 unspecified atom stereocenters. The fourth-order valence-electron chi connectivity index (χ4n) is 5.62. The van der Waals surface area contributed by atoms with Crippen LogP contribution in [0.4, 0.5) is 0 Å². The van der Waals surface area contributed by atoms with Crippen LogP contribution < -0.4 is 0 Å². The number of hydrogen-bond donors (Lipinski definition) is 2. The van der Waals surface area contributed by atoms with Crippen molar-refractivity contribution in [2.24, 2.45) is 29.1 Å². The second-order valence-electron chi connectivity index (χ2n) is 8.31. The van der Waals surface area contributed by atoms with Crippen molar-refractivity contribution in [3.05, 3.63) is 0 Å². The summed E-state index contributed by atoms with van der Waals surface area (Å²) in [6.45, 7) is 7.21. The Morgan fingerprint density at radius 2 is 2.05 bits per heavy atom. The highest BCUT2D eigenvalue weighted by atomic mass is 16.6. The SMILES string of the molecule is C[C@H]1C[C@H]2OC(=O)[C@@H](CN3CC3)[C@@H]2C[C@]2(C)[C@@H]1[C@H](O)C[C@@H]2O. The molecule has 0 amide bonds. The molecule has 5 heteroatoms. The van der Waals surface area contributed by atoms with Crippen LogP contribution in [-0.2, 0) is 9.53 Å². The molecule has 0 spiro atoms. The molecule has 2 N–H and O–H groups in total. The third-order valence-electron chi connectivity index (χ3n) is 6.85. The lowest BCUT2D eigenvalue weighted by Crippen LogP contribution is -2.39. The van der Waals surface area contributed by atoms with E-state index in [-0.39, 0.29) is 41.2 Å². The number of nitrogens with zero attached hydrogens (tertiary/aromatic N) is 1. The summed E-state index contributed by atoms with van der Waals surface area (Å²) in [5, 5.41) is 21.0. The van der Waals surface area contributed by atoms with Crippen LogP contribution in [0, 0.1) is 29.1 Å². The number of fused-ring (bicyclic) bond motifs is 2. The molecular weight excluding hydrogens is 282 g/mol. The predicted molar refractivity (Wildman–Crippen MR) is 79.9 cm³/mol. The van der Waals surface area contributed by atoms with Gasteiger partial charge in [0.05, 0.1) is 18.1 Å². The maximum absolute atomic E-state index is 12.3. The molecule has 2 saturated heterocycles. The Hall–Kier alpha value is -0.650. The van der Waals surface area contributed by atoms with E-state index in [4.69, 9.17) is 4.74 Å². The predicted octanol–water partition coefficient (Wildman–Crippen LogP) is 0.638. The van der Waals surface area contributed by atoms with Gasteiger partial charge in [0.2, 0.25) is 0 Å². The highest BCUT2D eigenvalue weighted by molar-refractivity contribution is 5.75. The minimum Gasteiger partial charge on any atom is -0.462 e. The maximum atomic E-state index is 12.3. The number of carbonyl (C=O) groups excluding carboxylic acids is 1. The first-order valence-electron chi connectivity index (χ1n) is 8.69. The van der Waals surface area contributed by atoms with Crippen molar-refractivity contribution in [1.82, 2.24) is 4.90 Å². The zero-order valence-corrected chi connectivity index (χ0v) is 13.4. The van der Waals surface area contributed by atoms with Crippen molar-refractivity contribution >= 4 is 5.97 Å². The van der Waals surface area contributed by atoms with Crippen molar-refractivity contribution in [2.75, 3.05) is 19.6 Å². The van der Waals surface area contributed by atoms with Gasteiger partial charge in [-0.15, -0.1) is 0 Å². The van der Waals surface area contributed by atoms with Gasteiger partial charge in [0.1, 0.15) is 6.10 Å². The molecular formula is C17H27NO4. The Labute approximate surface area is 131 Å². The molecule has 2 aliphatic carbocycles. The zero-order chi connectivity index (χ0) is 15.6. The largest absolute Gasteiger partial charge is 0.462 e. The van der Waals surface area contributed by atoms with Gasteiger partial charge in [0.25, 0.3) is 0 Å². The number of carbonyl (C=O) groups is 1. The zero-order valence-electron chi connectivity index (χ0n) is 13.4. The summed E-state index contributed by atoms with van der Waals surface area (Å²) in [6, 6.07) is 0. The van der Waals surface area contributed by atoms with E-state index in [1.807, 2.05) is 0 Å². The fraction of sp³-hybridized carbons (Fsp3) is 0.941. The summed E-state index contributed by atoms with van der Waals surface area (Å²) in [6.07, 6.45) is 1.12. The minimum atomic E-state index is -0.480. The van der Waals surface area contributed by atoms with E-state index >= 15 is 0 Å². The van der Waals surface area contributed by atoms with Gasteiger partial charge >= 0.3 is 5.97 Å². The lowest BCUT2D eigenvalue weighted by Gasteiger charge is -2.38. The van der Waals surface area contributed by atoms with E-state index in [0.29, 0.717) is 6.42 Å². The summed E-state index contributed by atoms with van der Waals surface area (Å²) in [4.78, 5) is 14.6. The van der Waals surface area contributed by atoms with Crippen molar-refractivity contribution < 1.29 is 19.7 Å². The van der Waals surface area contributed by atoms with Crippen LogP contribution in [0.25, 0.3) is 0 Å². The van der Waals surface area contributed by atoms with Crippen LogP contribution in [0.5, 0.6) is 0 Å². The lowest BCUT2D eigenvalue weighted by atomic mass is 9.68. The van der Waals surface area contributed by atoms with E-state index in [2.05, 4.69) is 18.7 Å². The fourth-order valence-corrected chi connectivity index (χ4v) is 5.62. The molecule has 2 heterocycles. The van der Waals surface area contributed by atoms with Gasteiger partial charge < -0.3 is 14.9 Å². The molecule has 22 heavy (non-hydrogen) atoms. The van der Waals surface area contributed by atoms with Gasteiger partial charge in [-0.05, 0) is 30.1 Å². The normalized spacial score (nSPS) is 54.5. The number of esters is 1. The summed E-state index contributed by atoms with van der Waals surface area (Å²) >= 11 is 0. The van der Waals surface area contributed by atoms with E-state index in [1.54, 1.807) is 0 Å². The smallest absolute Gasteiger partial charge is 0.310 e. The molecule has 0 aromatic carbocycles. The Balaban J connectivity index is 1.64. The van der Waals surface area contributed by atoms with Crippen LogP contribution in [0.3, 0.4) is 0 Å². The lowest BCUT2D eigenvalue weighted by molar-refractivity contribution is -0.145. The minimum absolute atomic E-state index is 0.0331. The number of ether oxygens (including phenoxy) is 1. The summed E-state index contributed by atoms with van der Waals surface area (Å²) < 4.78 is 5.71. The first-order chi connectivity index (χ1) is 10.4. The molecule has 4 aliphatic rings. The second kappa shape index (κ2) is 4.92. The molecule has 4 fully saturated rings. The third-order valence-corrected chi connectivity index (χ3v) is 6.85. The Bertz CT molecular complexity index is 479. The maximum Gasteiger partial charge on any atom is 0.310 e. The Morgan fingerprint density at radius 3 is 2.73 bits per heavy atom. The molecule has 0 aromatic rings. The summed E-state index contributed by atoms with van der Waals surface area (Å²) in [5.74, 6) is 0.448. The van der Waals surface area contributed by atoms with Gasteiger partial charge in [-0.2, -0.15) is 0 Å². The van der Waals surface area contributed by atoms with Crippen molar-refractivity contribution in [1.29, 1.82) is 0 Å². The van der Waals surface area contributed by atoms with E-state index in [0.717, 1.165) is 32.5 Å². The standard InChI is InChI=1S/C17H27NO4/c1-9-5-13-10(11(16(21)22-13)8-18-3-4-18)7-17(2)14(20)6-12(19)15(9)17/h9-15,19-20H,3-8H2,1-2H3/t9-,10-,11-,12+,13+,14-,15-,17-/m0/s1. The highest BCUT2D eigenvalue weighted by Gasteiger charge is 2.60. The number of rotatable bonds is 2. The molecule has 4 rings (SSSR count). The van der Waals surface area contributed by atoms with Crippen LogP contribution in [0.1, 0.15) is 33.1 Å². The molecule has 0 radical (unpaired) electrons. The highest BCUT2D eigenvalue weighted by Crippen LogP contribution is 2.57. The van der Waals surface area contributed by atoms with Gasteiger partial charge in [-0.25, -0.2) is 0 Å². The van der Waals surface area contributed by atoms with Crippen molar-refractivity contribution in [2.45, 2.75) is 51.4 Å². The number of aliphatic hydroxyl groups is 2. The molecule has 0 aromatic heterocycles. The second-order valence-corrected chi connectivity index (χ2v) is 8.31. The first-order valence-corrected chi connectivity index (χ1v) is 8.69. The third kappa shape index (κ3) is 2.13. The molecule has 5 nitrogen and oxygen atoms in total. The van der Waals surface area contributed by atoms with E-state index < -0.39 is 12.2 Å². The number of aliphatic hydroxyl groups excluding tert-OH is 2. The first kappa shape index (κ1) is 14.9. The quantitative estimate of drug-likeness (QED) is 0.579. The van der Waals surface area contributed by atoms with Crippen LogP contribution in [0.15, 0.2) is 0 Å². The summed E-state index contributed by atoms with van der Waals surface area (Å²) in [7, 11) is 0.